The van der Waals surface area contributed by atoms with E-state index in [0.717, 1.165) is 25.3 Å². The molecule has 0 fully saturated rings. The first-order valence-electron chi connectivity index (χ1n) is 7.64. The highest BCUT2D eigenvalue weighted by atomic mass is 16.5. The Hall–Kier alpha value is -1.55. The van der Waals surface area contributed by atoms with Crippen LogP contribution >= 0.6 is 0 Å². The summed E-state index contributed by atoms with van der Waals surface area (Å²) in [6.45, 7) is 10.2. The van der Waals surface area contributed by atoms with Crippen LogP contribution in [0.2, 0.25) is 0 Å². The van der Waals surface area contributed by atoms with E-state index in [4.69, 9.17) is 4.74 Å². The highest BCUT2D eigenvalue weighted by molar-refractivity contribution is 5.76. The van der Waals surface area contributed by atoms with Crippen LogP contribution < -0.4 is 15.4 Å². The van der Waals surface area contributed by atoms with Crippen LogP contribution in [0.15, 0.2) is 24.3 Å². The zero-order valence-corrected chi connectivity index (χ0v) is 13.7. The molecule has 0 atom stereocenters. The number of benzene rings is 1. The van der Waals surface area contributed by atoms with Gasteiger partial charge in [0.2, 0.25) is 5.91 Å². The molecule has 4 heteroatoms. The lowest BCUT2D eigenvalue weighted by Gasteiger charge is -2.20. The fourth-order valence-electron chi connectivity index (χ4n) is 1.84. The molecule has 0 aliphatic rings. The van der Waals surface area contributed by atoms with Crippen LogP contribution in [0.3, 0.4) is 0 Å². The number of hydrogen-bond acceptors (Lipinski definition) is 3. The van der Waals surface area contributed by atoms with Crippen molar-refractivity contribution in [1.82, 2.24) is 10.6 Å². The maximum atomic E-state index is 11.6. The Morgan fingerprint density at radius 1 is 1.19 bits per heavy atom. The minimum Gasteiger partial charge on any atom is -0.494 e. The van der Waals surface area contributed by atoms with Crippen molar-refractivity contribution in [1.29, 1.82) is 0 Å². The van der Waals surface area contributed by atoms with Gasteiger partial charge in [-0.15, -0.1) is 0 Å². The number of hydrogen-bond donors (Lipinski definition) is 2. The third-order valence-electron chi connectivity index (χ3n) is 2.77. The molecule has 1 aromatic rings. The molecule has 21 heavy (non-hydrogen) atoms. The Morgan fingerprint density at radius 3 is 2.43 bits per heavy atom. The van der Waals surface area contributed by atoms with Gasteiger partial charge in [-0.25, -0.2) is 0 Å². The fraction of sp³-hybridized carbons (Fsp3) is 0.588. The van der Waals surface area contributed by atoms with Crippen LogP contribution in [0.1, 0.15) is 46.1 Å². The second-order valence-corrected chi connectivity index (χ2v) is 6.22. The molecular formula is C17H28N2O2. The minimum atomic E-state index is -0.161. The SMILES string of the molecule is CCCOc1ccc(CNCCC(=O)NC(C)(C)C)cc1. The van der Waals surface area contributed by atoms with Crippen molar-refractivity contribution >= 4 is 5.91 Å². The summed E-state index contributed by atoms with van der Waals surface area (Å²) in [5.74, 6) is 0.989. The van der Waals surface area contributed by atoms with Gasteiger partial charge in [0.25, 0.3) is 0 Å². The van der Waals surface area contributed by atoms with Crippen LogP contribution in [0, 0.1) is 0 Å². The molecule has 1 amide bonds. The Kier molecular flexibility index (Phi) is 7.23. The molecule has 0 spiro atoms. The number of ether oxygens (including phenoxy) is 1. The molecule has 4 nitrogen and oxygen atoms in total. The van der Waals surface area contributed by atoms with Gasteiger partial charge >= 0.3 is 0 Å². The summed E-state index contributed by atoms with van der Waals surface area (Å²) < 4.78 is 5.54. The van der Waals surface area contributed by atoms with Gasteiger partial charge in [-0.05, 0) is 44.9 Å². The van der Waals surface area contributed by atoms with E-state index in [1.54, 1.807) is 0 Å². The van der Waals surface area contributed by atoms with E-state index >= 15 is 0 Å². The van der Waals surface area contributed by atoms with Gasteiger partial charge in [0.15, 0.2) is 0 Å². The van der Waals surface area contributed by atoms with Crippen LogP contribution in [0.25, 0.3) is 0 Å². The number of nitrogens with one attached hydrogen (secondary N) is 2. The van der Waals surface area contributed by atoms with Crippen molar-refractivity contribution in [3.63, 3.8) is 0 Å². The van der Waals surface area contributed by atoms with Gasteiger partial charge in [-0.1, -0.05) is 19.1 Å². The molecule has 0 radical (unpaired) electrons. The van der Waals surface area contributed by atoms with E-state index in [-0.39, 0.29) is 11.4 Å². The van der Waals surface area contributed by atoms with Crippen LogP contribution in [-0.2, 0) is 11.3 Å². The first-order valence-corrected chi connectivity index (χ1v) is 7.64. The molecule has 2 N–H and O–H groups in total. The van der Waals surface area contributed by atoms with E-state index < -0.39 is 0 Å². The predicted molar refractivity (Wildman–Crippen MR) is 86.4 cm³/mol. The summed E-state index contributed by atoms with van der Waals surface area (Å²) in [5.41, 5.74) is 1.03. The summed E-state index contributed by atoms with van der Waals surface area (Å²) in [5, 5.41) is 6.23. The number of rotatable bonds is 8. The Labute approximate surface area is 128 Å². The summed E-state index contributed by atoms with van der Waals surface area (Å²) >= 11 is 0. The molecule has 118 valence electrons. The van der Waals surface area contributed by atoms with E-state index in [1.807, 2.05) is 45.0 Å². The number of amides is 1. The van der Waals surface area contributed by atoms with E-state index in [0.29, 0.717) is 13.0 Å². The fourth-order valence-corrected chi connectivity index (χ4v) is 1.84. The molecule has 0 aliphatic heterocycles. The monoisotopic (exact) mass is 292 g/mol. The van der Waals surface area contributed by atoms with Crippen molar-refractivity contribution < 1.29 is 9.53 Å². The molecule has 0 saturated carbocycles. The van der Waals surface area contributed by atoms with Gasteiger partial charge in [-0.3, -0.25) is 4.79 Å². The lowest BCUT2D eigenvalue weighted by Crippen LogP contribution is -2.41. The van der Waals surface area contributed by atoms with Gasteiger partial charge in [-0.2, -0.15) is 0 Å². The van der Waals surface area contributed by atoms with E-state index in [2.05, 4.69) is 17.6 Å². The van der Waals surface area contributed by atoms with Crippen molar-refractivity contribution in [2.75, 3.05) is 13.2 Å². The maximum absolute atomic E-state index is 11.6. The molecule has 0 heterocycles. The van der Waals surface area contributed by atoms with Crippen LogP contribution in [-0.4, -0.2) is 24.6 Å². The second kappa shape index (κ2) is 8.67. The molecule has 1 aromatic carbocycles. The third-order valence-corrected chi connectivity index (χ3v) is 2.77. The summed E-state index contributed by atoms with van der Waals surface area (Å²) in [7, 11) is 0. The summed E-state index contributed by atoms with van der Waals surface area (Å²) in [6, 6.07) is 8.07. The quantitative estimate of drug-likeness (QED) is 0.724. The third kappa shape index (κ3) is 8.35. The minimum absolute atomic E-state index is 0.0818. The molecule has 1 rings (SSSR count). The largest absolute Gasteiger partial charge is 0.494 e. The van der Waals surface area contributed by atoms with Crippen molar-refractivity contribution in [3.05, 3.63) is 29.8 Å². The molecule has 0 aromatic heterocycles. The van der Waals surface area contributed by atoms with Crippen molar-refractivity contribution in [2.45, 2.75) is 52.6 Å². The molecule has 0 bridgehead atoms. The first-order chi connectivity index (χ1) is 9.90. The Morgan fingerprint density at radius 2 is 1.86 bits per heavy atom. The topological polar surface area (TPSA) is 50.4 Å². The summed E-state index contributed by atoms with van der Waals surface area (Å²) in [6.07, 6.45) is 1.51. The van der Waals surface area contributed by atoms with Crippen LogP contribution in [0.5, 0.6) is 5.75 Å². The molecular weight excluding hydrogens is 264 g/mol. The van der Waals surface area contributed by atoms with Gasteiger partial charge in [0.1, 0.15) is 5.75 Å². The summed E-state index contributed by atoms with van der Waals surface area (Å²) in [4.78, 5) is 11.6. The van der Waals surface area contributed by atoms with E-state index in [1.165, 1.54) is 5.56 Å². The van der Waals surface area contributed by atoms with Gasteiger partial charge < -0.3 is 15.4 Å². The van der Waals surface area contributed by atoms with Crippen molar-refractivity contribution in [2.24, 2.45) is 0 Å². The zero-order valence-electron chi connectivity index (χ0n) is 13.7. The Balaban J connectivity index is 2.22. The smallest absolute Gasteiger partial charge is 0.221 e. The number of carbonyl (C=O) groups is 1. The first kappa shape index (κ1) is 17.5. The number of carbonyl (C=O) groups excluding carboxylic acids is 1. The maximum Gasteiger partial charge on any atom is 0.221 e. The standard InChI is InChI=1S/C17H28N2O2/c1-5-12-21-15-8-6-14(7-9-15)13-18-11-10-16(20)19-17(2,3)4/h6-9,18H,5,10-13H2,1-4H3,(H,19,20). The highest BCUT2D eigenvalue weighted by Gasteiger charge is 2.12. The predicted octanol–water partition coefficient (Wildman–Crippen LogP) is 2.87. The molecule has 0 aliphatic carbocycles. The second-order valence-electron chi connectivity index (χ2n) is 6.22. The lowest BCUT2D eigenvalue weighted by molar-refractivity contribution is -0.122. The lowest BCUT2D eigenvalue weighted by atomic mass is 10.1. The highest BCUT2D eigenvalue weighted by Crippen LogP contribution is 2.12. The molecule has 0 unspecified atom stereocenters. The molecule has 0 saturated heterocycles. The normalized spacial score (nSPS) is 11.2. The van der Waals surface area contributed by atoms with E-state index in [9.17, 15) is 4.79 Å². The zero-order chi connectivity index (χ0) is 15.7. The van der Waals surface area contributed by atoms with Gasteiger partial charge in [0.05, 0.1) is 6.61 Å². The Bertz CT molecular complexity index is 421. The van der Waals surface area contributed by atoms with Crippen molar-refractivity contribution in [3.8, 4) is 5.75 Å². The average molecular weight is 292 g/mol. The van der Waals surface area contributed by atoms with Gasteiger partial charge in [0, 0.05) is 25.0 Å². The van der Waals surface area contributed by atoms with Crippen LogP contribution in [0.4, 0.5) is 0 Å². The average Bonchev–Trinajstić information content (AvgIpc) is 2.41.